The molecule has 2 N–H and O–H groups in total. The molecular weight excluding hydrogens is 596 g/mol. The number of nitrogens with zero attached hydrogens (tertiary/aromatic N) is 2. The smallest absolute Gasteiger partial charge is 0.357 e. The zero-order chi connectivity index (χ0) is 33.8. The average molecular weight is 639 g/mol. The van der Waals surface area contributed by atoms with Crippen LogP contribution in [0, 0.1) is 13.8 Å². The maximum atomic E-state index is 12.1. The van der Waals surface area contributed by atoms with E-state index in [0.717, 1.165) is 65.9 Å². The Labute approximate surface area is 273 Å². The minimum absolute atomic E-state index is 0.0102. The number of hydrogen-bond donors (Lipinski definition) is 2. The van der Waals surface area contributed by atoms with E-state index in [2.05, 4.69) is 38.1 Å². The molecule has 10 nitrogen and oxygen atoms in total. The van der Waals surface area contributed by atoms with Crippen LogP contribution in [0.2, 0.25) is 0 Å². The second-order valence-corrected chi connectivity index (χ2v) is 11.3. The molecule has 0 aliphatic carbocycles. The molecule has 2 unspecified atom stereocenters. The van der Waals surface area contributed by atoms with Crippen LogP contribution in [0.1, 0.15) is 90.1 Å². The topological polar surface area (TPSA) is 128 Å². The van der Waals surface area contributed by atoms with E-state index in [4.69, 9.17) is 18.9 Å². The van der Waals surface area contributed by atoms with Gasteiger partial charge < -0.3 is 28.9 Å². The highest BCUT2D eigenvalue weighted by Gasteiger charge is 2.19. The van der Waals surface area contributed by atoms with Crippen molar-refractivity contribution in [3.8, 4) is 0 Å². The number of H-pyrrole nitrogens is 2. The third-order valence-electron chi connectivity index (χ3n) is 8.46. The Bertz CT molecular complexity index is 2080. The first kappa shape index (κ1) is 33.6. The molecule has 0 saturated heterocycles. The highest BCUT2D eigenvalue weighted by atomic mass is 16.5. The first-order valence-corrected chi connectivity index (χ1v) is 15.9. The van der Waals surface area contributed by atoms with Crippen LogP contribution in [-0.4, -0.2) is 58.8 Å². The van der Waals surface area contributed by atoms with Gasteiger partial charge in [0.15, 0.2) is 11.4 Å². The number of carbonyl (C=O) groups is 2. The zero-order valence-electron chi connectivity index (χ0n) is 28.2. The first-order chi connectivity index (χ1) is 22.6. The van der Waals surface area contributed by atoms with Gasteiger partial charge in [0, 0.05) is 46.3 Å². The number of aryl methyl sites for hydroxylation is 2. The van der Waals surface area contributed by atoms with Crippen LogP contribution in [0.25, 0.3) is 43.6 Å². The summed E-state index contributed by atoms with van der Waals surface area (Å²) >= 11 is 0. The largest absolute Gasteiger partial charge is 0.461 e. The molecular formula is C37H42N4O6. The molecule has 6 aromatic rings. The lowest BCUT2D eigenvalue weighted by molar-refractivity contribution is 0.0509. The van der Waals surface area contributed by atoms with Crippen LogP contribution in [0.5, 0.6) is 0 Å². The Kier molecular flexibility index (Phi) is 10.2. The maximum Gasteiger partial charge on any atom is 0.357 e. The Morgan fingerprint density at radius 1 is 0.681 bits per heavy atom. The van der Waals surface area contributed by atoms with E-state index in [1.807, 2.05) is 52.8 Å². The summed E-state index contributed by atoms with van der Waals surface area (Å²) in [5.41, 5.74) is 8.45. The Morgan fingerprint density at radius 2 is 1.13 bits per heavy atom. The molecule has 246 valence electrons. The number of methoxy groups -OCH3 is 1. The zero-order valence-corrected chi connectivity index (χ0v) is 28.2. The van der Waals surface area contributed by atoms with Crippen molar-refractivity contribution < 1.29 is 28.5 Å². The molecule has 10 heteroatoms. The van der Waals surface area contributed by atoms with Gasteiger partial charge in [-0.3, -0.25) is 0 Å². The summed E-state index contributed by atoms with van der Waals surface area (Å²) in [6, 6.07) is 12.4. The van der Waals surface area contributed by atoms with Gasteiger partial charge in [0.05, 0.1) is 48.8 Å². The summed E-state index contributed by atoms with van der Waals surface area (Å²) in [6.07, 6.45) is 3.42. The molecule has 0 spiro atoms. The second-order valence-electron chi connectivity index (χ2n) is 11.3. The molecule has 0 bridgehead atoms. The third kappa shape index (κ3) is 6.57. The molecule has 47 heavy (non-hydrogen) atoms. The lowest BCUT2D eigenvalue weighted by Gasteiger charge is -2.12. The van der Waals surface area contributed by atoms with Gasteiger partial charge in [-0.1, -0.05) is 12.1 Å². The first-order valence-electron chi connectivity index (χ1n) is 15.9. The van der Waals surface area contributed by atoms with Gasteiger partial charge >= 0.3 is 11.9 Å². The summed E-state index contributed by atoms with van der Waals surface area (Å²) in [5.74, 6) is -0.771. The number of carbonyl (C=O) groups excluding carboxylic acids is 2. The molecule has 4 aromatic heterocycles. The number of aromatic amines is 2. The molecule has 2 atom stereocenters. The number of fused-ring (bicyclic) bond motifs is 6. The molecule has 4 heterocycles. The van der Waals surface area contributed by atoms with Crippen LogP contribution >= 0.6 is 0 Å². The molecule has 0 saturated carbocycles. The molecule has 0 radical (unpaired) electrons. The Hall–Kier alpha value is -4.80. The molecule has 0 aliphatic rings. The van der Waals surface area contributed by atoms with Crippen molar-refractivity contribution in [2.24, 2.45) is 0 Å². The van der Waals surface area contributed by atoms with E-state index in [9.17, 15) is 9.59 Å². The summed E-state index contributed by atoms with van der Waals surface area (Å²) < 4.78 is 21.3. The summed E-state index contributed by atoms with van der Waals surface area (Å²) in [7, 11) is 1.69. The Balaban J connectivity index is 0.000000185. The van der Waals surface area contributed by atoms with Crippen molar-refractivity contribution in [2.75, 3.05) is 26.9 Å². The number of aromatic nitrogens is 4. The van der Waals surface area contributed by atoms with Crippen molar-refractivity contribution in [2.45, 2.75) is 60.7 Å². The molecule has 0 aliphatic heterocycles. The third-order valence-corrected chi connectivity index (χ3v) is 8.46. The lowest BCUT2D eigenvalue weighted by Crippen LogP contribution is -2.09. The molecule has 6 rings (SSSR count). The molecule has 2 aromatic carbocycles. The van der Waals surface area contributed by atoms with E-state index in [1.54, 1.807) is 33.4 Å². The summed E-state index contributed by atoms with van der Waals surface area (Å²) in [5, 5.41) is 4.14. The molecule has 0 amide bonds. The van der Waals surface area contributed by atoms with Gasteiger partial charge in [-0.25, -0.2) is 19.6 Å². The molecule has 0 fully saturated rings. The number of ether oxygens (including phenoxy) is 4. The van der Waals surface area contributed by atoms with Gasteiger partial charge in [-0.15, -0.1) is 0 Å². The average Bonchev–Trinajstić information content (AvgIpc) is 3.63. The summed E-state index contributed by atoms with van der Waals surface area (Å²) in [4.78, 5) is 39.4. The SMILES string of the molecule is CCOC(=O)c1ncc2[nH]c3ccc(C(C)OC)cc3c2c1C.CCOC(=O)c1ncc2[nH]c3ccc(C(C)OCC)cc3c2c1C. The number of hydrogen-bond acceptors (Lipinski definition) is 8. The normalized spacial score (nSPS) is 12.7. The van der Waals surface area contributed by atoms with E-state index < -0.39 is 0 Å². The van der Waals surface area contributed by atoms with Gasteiger partial charge in [-0.2, -0.15) is 0 Å². The Morgan fingerprint density at radius 3 is 1.53 bits per heavy atom. The highest BCUT2D eigenvalue weighted by Crippen LogP contribution is 2.33. The van der Waals surface area contributed by atoms with Gasteiger partial charge in [-0.05, 0) is 95.0 Å². The van der Waals surface area contributed by atoms with E-state index in [-0.39, 0.29) is 24.1 Å². The fourth-order valence-corrected chi connectivity index (χ4v) is 5.95. The predicted molar refractivity (Wildman–Crippen MR) is 184 cm³/mol. The lowest BCUT2D eigenvalue weighted by atomic mass is 10.0. The number of benzene rings is 2. The van der Waals surface area contributed by atoms with Crippen molar-refractivity contribution in [3.05, 3.63) is 82.4 Å². The van der Waals surface area contributed by atoms with E-state index in [0.29, 0.717) is 31.2 Å². The monoisotopic (exact) mass is 638 g/mol. The van der Waals surface area contributed by atoms with Crippen LogP contribution < -0.4 is 0 Å². The van der Waals surface area contributed by atoms with Crippen molar-refractivity contribution >= 4 is 55.6 Å². The minimum Gasteiger partial charge on any atom is -0.461 e. The predicted octanol–water partition coefficient (Wildman–Crippen LogP) is 8.21. The number of esters is 2. The minimum atomic E-state index is -0.386. The second kappa shape index (κ2) is 14.3. The fraction of sp³-hybridized carbons (Fsp3) is 0.351. The number of nitrogens with one attached hydrogen (secondary N) is 2. The maximum absolute atomic E-state index is 12.1. The number of rotatable bonds is 9. The van der Waals surface area contributed by atoms with Crippen molar-refractivity contribution in [3.63, 3.8) is 0 Å². The van der Waals surface area contributed by atoms with Crippen molar-refractivity contribution in [1.29, 1.82) is 0 Å². The van der Waals surface area contributed by atoms with Gasteiger partial charge in [0.25, 0.3) is 0 Å². The van der Waals surface area contributed by atoms with E-state index >= 15 is 0 Å². The van der Waals surface area contributed by atoms with Crippen LogP contribution in [0.15, 0.2) is 48.8 Å². The quantitative estimate of drug-likeness (QED) is 0.152. The van der Waals surface area contributed by atoms with Crippen LogP contribution in [0.3, 0.4) is 0 Å². The standard InChI is InChI=1S/C19H22N2O3.C18H20N2O3/c1-5-23-12(4)13-7-8-15-14(9-13)17-11(3)18(19(22)24-6-2)20-10-16(17)21-15;1-5-23-18(21)17-10(2)16-13-8-12(11(3)22-4)6-7-14(13)20-15(16)9-19-17/h7-10,12,21H,5-6H2,1-4H3;6-9,11,20H,5H2,1-4H3. The van der Waals surface area contributed by atoms with E-state index in [1.165, 1.54) is 0 Å². The van der Waals surface area contributed by atoms with Crippen LogP contribution in [0.4, 0.5) is 0 Å². The van der Waals surface area contributed by atoms with Crippen molar-refractivity contribution in [1.82, 2.24) is 19.9 Å². The van der Waals surface area contributed by atoms with Crippen LogP contribution in [-0.2, 0) is 18.9 Å². The van der Waals surface area contributed by atoms with Gasteiger partial charge in [0.1, 0.15) is 0 Å². The fourth-order valence-electron chi connectivity index (χ4n) is 5.95. The number of pyridine rings is 2. The highest BCUT2D eigenvalue weighted by molar-refractivity contribution is 6.12. The van der Waals surface area contributed by atoms with Gasteiger partial charge in [0.2, 0.25) is 0 Å². The summed E-state index contributed by atoms with van der Waals surface area (Å²) in [6.45, 7) is 14.8.